The van der Waals surface area contributed by atoms with Crippen molar-refractivity contribution in [2.45, 2.75) is 12.5 Å². The summed E-state index contributed by atoms with van der Waals surface area (Å²) < 4.78 is 5.33. The zero-order chi connectivity index (χ0) is 9.97. The fraction of sp³-hybridized carbons (Fsp3) is 0.500. The van der Waals surface area contributed by atoms with Gasteiger partial charge in [0.2, 0.25) is 0 Å². The van der Waals surface area contributed by atoms with Crippen LogP contribution in [0.25, 0.3) is 0 Å². The number of carboxylic acid groups (broad SMARTS) is 1. The molecule has 0 aliphatic carbocycles. The molecule has 0 aromatic carbocycles. The summed E-state index contributed by atoms with van der Waals surface area (Å²) in [7, 11) is 0. The van der Waals surface area contributed by atoms with Gasteiger partial charge in [0.15, 0.2) is 5.75 Å². The van der Waals surface area contributed by atoms with Crippen molar-refractivity contribution in [1.82, 2.24) is 15.1 Å². The Balaban J connectivity index is 1.79. The summed E-state index contributed by atoms with van der Waals surface area (Å²) in [4.78, 5) is 12.0. The summed E-state index contributed by atoms with van der Waals surface area (Å²) >= 11 is 0. The van der Waals surface area contributed by atoms with E-state index in [-0.39, 0.29) is 6.04 Å². The van der Waals surface area contributed by atoms with Gasteiger partial charge in [-0.25, -0.2) is 4.79 Å². The highest BCUT2D eigenvalue weighted by Gasteiger charge is 2.32. The van der Waals surface area contributed by atoms with Gasteiger partial charge in [-0.2, -0.15) is 5.10 Å². The first-order valence-corrected chi connectivity index (χ1v) is 4.38. The van der Waals surface area contributed by atoms with Gasteiger partial charge in [0.05, 0.1) is 18.4 Å². The van der Waals surface area contributed by atoms with Crippen LogP contribution < -0.4 is 4.74 Å². The Labute approximate surface area is 80.5 Å². The number of ether oxygens (including phenoxy) is 1. The molecular formula is C8H11N3O3. The predicted molar refractivity (Wildman–Crippen MR) is 47.2 cm³/mol. The third-order valence-corrected chi connectivity index (χ3v) is 2.31. The van der Waals surface area contributed by atoms with E-state index in [4.69, 9.17) is 9.84 Å². The Morgan fingerprint density at radius 2 is 2.71 bits per heavy atom. The lowest BCUT2D eigenvalue weighted by molar-refractivity contribution is 0.0499. The summed E-state index contributed by atoms with van der Waals surface area (Å²) in [6.07, 6.45) is 3.18. The van der Waals surface area contributed by atoms with E-state index >= 15 is 0 Å². The molecule has 76 valence electrons. The van der Waals surface area contributed by atoms with Gasteiger partial charge in [-0.15, -0.1) is 0 Å². The molecule has 1 aliphatic heterocycles. The van der Waals surface area contributed by atoms with Crippen molar-refractivity contribution in [3.05, 3.63) is 12.4 Å². The maximum absolute atomic E-state index is 10.6. The molecule has 0 saturated carbocycles. The molecule has 1 atom stereocenters. The SMILES string of the molecule is O=C(O)N1CC[C@@H]1COc1cn[nH]c1. The number of rotatable bonds is 3. The molecule has 6 heteroatoms. The van der Waals surface area contributed by atoms with Gasteiger partial charge in [-0.3, -0.25) is 5.10 Å². The molecule has 2 heterocycles. The number of aromatic amines is 1. The minimum Gasteiger partial charge on any atom is -0.488 e. The van der Waals surface area contributed by atoms with Crippen molar-refractivity contribution in [2.24, 2.45) is 0 Å². The Bertz CT molecular complexity index is 312. The third kappa shape index (κ3) is 1.63. The van der Waals surface area contributed by atoms with E-state index < -0.39 is 6.09 Å². The summed E-state index contributed by atoms with van der Waals surface area (Å²) in [5.74, 6) is 0.641. The van der Waals surface area contributed by atoms with Crippen molar-refractivity contribution < 1.29 is 14.6 Å². The van der Waals surface area contributed by atoms with Crippen LogP contribution in [-0.2, 0) is 0 Å². The van der Waals surface area contributed by atoms with E-state index in [1.165, 1.54) is 4.90 Å². The number of nitrogens with one attached hydrogen (secondary N) is 1. The van der Waals surface area contributed by atoms with Crippen molar-refractivity contribution in [2.75, 3.05) is 13.2 Å². The summed E-state index contributed by atoms with van der Waals surface area (Å²) in [5.41, 5.74) is 0. The lowest BCUT2D eigenvalue weighted by atomic mass is 10.1. The van der Waals surface area contributed by atoms with Gasteiger partial charge in [0.25, 0.3) is 0 Å². The number of nitrogens with zero attached hydrogens (tertiary/aromatic N) is 2. The van der Waals surface area contributed by atoms with Gasteiger partial charge >= 0.3 is 6.09 Å². The molecule has 2 rings (SSSR count). The molecule has 14 heavy (non-hydrogen) atoms. The quantitative estimate of drug-likeness (QED) is 0.741. The normalized spacial score (nSPS) is 20.3. The van der Waals surface area contributed by atoms with Crippen molar-refractivity contribution in [3.8, 4) is 5.75 Å². The third-order valence-electron chi connectivity index (χ3n) is 2.31. The molecule has 1 amide bonds. The van der Waals surface area contributed by atoms with Crippen LogP contribution >= 0.6 is 0 Å². The highest BCUT2D eigenvalue weighted by atomic mass is 16.5. The average Bonchev–Trinajstić information content (AvgIpc) is 2.53. The first-order chi connectivity index (χ1) is 6.77. The van der Waals surface area contributed by atoms with Crippen LogP contribution in [0.2, 0.25) is 0 Å². The van der Waals surface area contributed by atoms with Gasteiger partial charge < -0.3 is 14.7 Å². The number of H-pyrrole nitrogens is 1. The molecule has 0 radical (unpaired) electrons. The zero-order valence-electron chi connectivity index (χ0n) is 7.51. The molecule has 6 nitrogen and oxygen atoms in total. The molecule has 0 spiro atoms. The highest BCUT2D eigenvalue weighted by molar-refractivity contribution is 5.66. The molecule has 0 bridgehead atoms. The summed E-state index contributed by atoms with van der Waals surface area (Å²) in [6, 6.07) is -0.0117. The molecule has 1 saturated heterocycles. The number of carbonyl (C=O) groups is 1. The van der Waals surface area contributed by atoms with Crippen LogP contribution in [-0.4, -0.2) is 45.5 Å². The second-order valence-electron chi connectivity index (χ2n) is 3.16. The zero-order valence-corrected chi connectivity index (χ0v) is 7.51. The minimum absolute atomic E-state index is 0.0117. The topological polar surface area (TPSA) is 78.4 Å². The summed E-state index contributed by atoms with van der Waals surface area (Å²) in [5, 5.41) is 15.0. The first-order valence-electron chi connectivity index (χ1n) is 4.38. The van der Waals surface area contributed by atoms with Crippen LogP contribution in [0.3, 0.4) is 0 Å². The number of aromatic nitrogens is 2. The Morgan fingerprint density at radius 1 is 1.86 bits per heavy atom. The second kappa shape index (κ2) is 3.57. The molecule has 1 aliphatic rings. The lowest BCUT2D eigenvalue weighted by Gasteiger charge is -2.38. The molecular weight excluding hydrogens is 186 g/mol. The Morgan fingerprint density at radius 3 is 3.21 bits per heavy atom. The second-order valence-corrected chi connectivity index (χ2v) is 3.16. The van der Waals surface area contributed by atoms with E-state index in [2.05, 4.69) is 10.2 Å². The van der Waals surface area contributed by atoms with Gasteiger partial charge in [-0.05, 0) is 6.42 Å². The number of amides is 1. The van der Waals surface area contributed by atoms with Crippen LogP contribution in [0.15, 0.2) is 12.4 Å². The number of likely N-dealkylation sites (tertiary alicyclic amines) is 1. The maximum atomic E-state index is 10.6. The lowest BCUT2D eigenvalue weighted by Crippen LogP contribution is -2.53. The fourth-order valence-corrected chi connectivity index (χ4v) is 1.38. The Hall–Kier alpha value is -1.72. The van der Waals surface area contributed by atoms with Crippen LogP contribution in [0.4, 0.5) is 4.79 Å². The van der Waals surface area contributed by atoms with Crippen molar-refractivity contribution in [1.29, 1.82) is 0 Å². The molecule has 1 aromatic heterocycles. The number of hydrogen-bond donors (Lipinski definition) is 2. The minimum atomic E-state index is -0.878. The highest BCUT2D eigenvalue weighted by Crippen LogP contribution is 2.18. The van der Waals surface area contributed by atoms with E-state index in [0.29, 0.717) is 18.9 Å². The van der Waals surface area contributed by atoms with Crippen molar-refractivity contribution in [3.63, 3.8) is 0 Å². The van der Waals surface area contributed by atoms with E-state index in [0.717, 1.165) is 6.42 Å². The average molecular weight is 197 g/mol. The van der Waals surface area contributed by atoms with Gasteiger partial charge in [0.1, 0.15) is 6.61 Å². The van der Waals surface area contributed by atoms with Gasteiger partial charge in [-0.1, -0.05) is 0 Å². The van der Waals surface area contributed by atoms with Crippen molar-refractivity contribution >= 4 is 6.09 Å². The predicted octanol–water partition coefficient (Wildman–Crippen LogP) is 0.541. The molecule has 1 aromatic rings. The molecule has 2 N–H and O–H groups in total. The molecule has 0 unspecified atom stereocenters. The van der Waals surface area contributed by atoms with E-state index in [1.807, 2.05) is 0 Å². The monoisotopic (exact) mass is 197 g/mol. The smallest absolute Gasteiger partial charge is 0.407 e. The maximum Gasteiger partial charge on any atom is 0.407 e. The van der Waals surface area contributed by atoms with E-state index in [1.54, 1.807) is 12.4 Å². The fourth-order valence-electron chi connectivity index (χ4n) is 1.38. The number of hydrogen-bond acceptors (Lipinski definition) is 3. The summed E-state index contributed by atoms with van der Waals surface area (Å²) in [6.45, 7) is 1.00. The van der Waals surface area contributed by atoms with Crippen LogP contribution in [0, 0.1) is 0 Å². The molecule has 1 fully saturated rings. The van der Waals surface area contributed by atoms with Gasteiger partial charge in [0, 0.05) is 6.54 Å². The standard InChI is InChI=1S/C8H11N3O3/c12-8(13)11-2-1-6(11)5-14-7-3-9-10-4-7/h3-4,6H,1-2,5H2,(H,9,10)(H,12,13)/t6-/m1/s1. The van der Waals surface area contributed by atoms with Crippen LogP contribution in [0.1, 0.15) is 6.42 Å². The van der Waals surface area contributed by atoms with Crippen LogP contribution in [0.5, 0.6) is 5.75 Å². The first kappa shape index (κ1) is 8.86. The van der Waals surface area contributed by atoms with E-state index in [9.17, 15) is 4.79 Å². The Kier molecular flexibility index (Phi) is 2.26. The largest absolute Gasteiger partial charge is 0.488 e.